The van der Waals surface area contributed by atoms with Crippen LogP contribution in [0.5, 0.6) is 0 Å². The second kappa shape index (κ2) is 48.0. The molecule has 9 nitrogen and oxygen atoms in total. The van der Waals surface area contributed by atoms with Gasteiger partial charge in [-0.05, 0) is 70.6 Å². The Hall–Kier alpha value is -2.03. The lowest BCUT2D eigenvalue weighted by Gasteiger charge is -2.28. The van der Waals surface area contributed by atoms with Crippen molar-refractivity contribution >= 4 is 19.8 Å². The molecule has 0 radical (unpaired) electrons. The summed E-state index contributed by atoms with van der Waals surface area (Å²) in [6.07, 6.45) is 58.8. The van der Waals surface area contributed by atoms with Gasteiger partial charge in [-0.2, -0.15) is 0 Å². The van der Waals surface area contributed by atoms with Crippen LogP contribution < -0.4 is 4.89 Å². The van der Waals surface area contributed by atoms with E-state index in [1.54, 1.807) is 0 Å². The van der Waals surface area contributed by atoms with Gasteiger partial charge in [-0.1, -0.05) is 210 Å². The number of unbranched alkanes of at least 4 members (excludes halogenated alkanes) is 28. The largest absolute Gasteiger partial charge is 0.756 e. The van der Waals surface area contributed by atoms with Crippen molar-refractivity contribution in [2.75, 3.05) is 47.5 Å². The number of quaternary nitrogens is 1. The van der Waals surface area contributed by atoms with Gasteiger partial charge in [0.15, 0.2) is 6.10 Å². The summed E-state index contributed by atoms with van der Waals surface area (Å²) >= 11 is 0. The highest BCUT2D eigenvalue weighted by Gasteiger charge is 2.21. The minimum atomic E-state index is -4.63. The predicted molar refractivity (Wildman–Crippen MR) is 277 cm³/mol. The van der Waals surface area contributed by atoms with E-state index in [2.05, 4.69) is 62.5 Å². The highest BCUT2D eigenvalue weighted by molar-refractivity contribution is 7.45. The molecule has 0 fully saturated rings. The summed E-state index contributed by atoms with van der Waals surface area (Å²) in [7, 11) is 1.16. The van der Waals surface area contributed by atoms with E-state index in [0.29, 0.717) is 17.4 Å². The Bertz CT molecular complexity index is 1260. The minimum Gasteiger partial charge on any atom is -0.756 e. The monoisotopic (exact) mass is 950 g/mol. The van der Waals surface area contributed by atoms with Crippen molar-refractivity contribution in [3.63, 3.8) is 0 Å². The molecule has 0 aliphatic carbocycles. The van der Waals surface area contributed by atoms with E-state index in [0.717, 1.165) is 77.0 Å². The number of allylic oxidation sites excluding steroid dienone is 8. The molecule has 0 aliphatic heterocycles. The lowest BCUT2D eigenvalue weighted by molar-refractivity contribution is -0.870. The molecule has 10 heteroatoms. The van der Waals surface area contributed by atoms with Gasteiger partial charge in [-0.15, -0.1) is 0 Å². The van der Waals surface area contributed by atoms with Gasteiger partial charge in [0.2, 0.25) is 0 Å². The van der Waals surface area contributed by atoms with Gasteiger partial charge in [0, 0.05) is 12.8 Å². The van der Waals surface area contributed by atoms with E-state index < -0.39 is 32.5 Å². The summed E-state index contributed by atoms with van der Waals surface area (Å²) < 4.78 is 34.0. The van der Waals surface area contributed by atoms with Gasteiger partial charge >= 0.3 is 11.9 Å². The van der Waals surface area contributed by atoms with E-state index in [1.165, 1.54) is 135 Å². The van der Waals surface area contributed by atoms with Gasteiger partial charge < -0.3 is 27.9 Å². The van der Waals surface area contributed by atoms with Crippen LogP contribution in [0.4, 0.5) is 0 Å². The Kier molecular flexibility index (Phi) is 46.5. The van der Waals surface area contributed by atoms with Crippen molar-refractivity contribution in [2.24, 2.45) is 0 Å². The van der Waals surface area contributed by atoms with Crippen LogP contribution in [0.1, 0.15) is 245 Å². The van der Waals surface area contributed by atoms with Crippen LogP contribution in [0.15, 0.2) is 48.6 Å². The average molecular weight is 950 g/mol. The van der Waals surface area contributed by atoms with E-state index in [9.17, 15) is 19.0 Å². The van der Waals surface area contributed by atoms with Crippen molar-refractivity contribution in [1.82, 2.24) is 0 Å². The van der Waals surface area contributed by atoms with E-state index in [4.69, 9.17) is 18.5 Å². The number of carbonyl (C=O) groups excluding carboxylic acids is 2. The number of likely N-dealkylation sites (N-methyl/N-ethyl adjacent to an activating group) is 1. The summed E-state index contributed by atoms with van der Waals surface area (Å²) in [5.74, 6) is -0.840. The molecule has 2 atom stereocenters. The lowest BCUT2D eigenvalue weighted by atomic mass is 10.0. The molecule has 2 unspecified atom stereocenters. The normalized spacial score (nSPS) is 13.7. The molecule has 0 amide bonds. The second-order valence-electron chi connectivity index (χ2n) is 19.6. The molecule has 0 heterocycles. The molecule has 0 rings (SSSR count). The second-order valence-corrected chi connectivity index (χ2v) is 21.0. The summed E-state index contributed by atoms with van der Waals surface area (Å²) in [5, 5.41) is 0. The van der Waals surface area contributed by atoms with Gasteiger partial charge in [0.25, 0.3) is 7.82 Å². The summed E-state index contributed by atoms with van der Waals surface area (Å²) in [6, 6.07) is 0. The van der Waals surface area contributed by atoms with Crippen molar-refractivity contribution in [1.29, 1.82) is 0 Å². The summed E-state index contributed by atoms with van der Waals surface area (Å²) in [6.45, 7) is 4.18. The first kappa shape index (κ1) is 64.0. The Balaban J connectivity index is 4.04. The number of hydrogen-bond donors (Lipinski definition) is 0. The Morgan fingerprint density at radius 3 is 1.27 bits per heavy atom. The topological polar surface area (TPSA) is 111 Å². The first-order valence-corrected chi connectivity index (χ1v) is 28.8. The van der Waals surface area contributed by atoms with Gasteiger partial charge in [-0.25, -0.2) is 0 Å². The molecule has 0 aromatic heterocycles. The van der Waals surface area contributed by atoms with Crippen LogP contribution in [0.2, 0.25) is 0 Å². The maximum Gasteiger partial charge on any atom is 0.306 e. The minimum absolute atomic E-state index is 0.0320. The lowest BCUT2D eigenvalue weighted by Crippen LogP contribution is -2.37. The van der Waals surface area contributed by atoms with Crippen molar-refractivity contribution in [2.45, 2.75) is 251 Å². The number of nitrogens with zero attached hydrogens (tertiary/aromatic N) is 1. The SMILES string of the molecule is CCCC/C=C\CCCCCCCC(=O)OCC(COP(=O)([O-])OCC[N+](C)(C)C)OC(=O)CCCCCCCCCCCCCCCCCC/C=C\C/C=C\C/C=C\CCCCCCC. The van der Waals surface area contributed by atoms with Crippen LogP contribution in [-0.2, 0) is 32.7 Å². The number of rotatable bonds is 50. The number of ether oxygens (including phenoxy) is 2. The van der Waals surface area contributed by atoms with Crippen molar-refractivity contribution in [3.05, 3.63) is 48.6 Å². The molecular formula is C56H104NO8P. The van der Waals surface area contributed by atoms with E-state index >= 15 is 0 Å². The Labute approximate surface area is 407 Å². The third-order valence-corrected chi connectivity index (χ3v) is 12.8. The van der Waals surface area contributed by atoms with E-state index in [-0.39, 0.29) is 26.1 Å². The molecule has 0 aliphatic rings. The van der Waals surface area contributed by atoms with Crippen LogP contribution in [0, 0.1) is 0 Å². The molecule has 0 aromatic rings. The maximum absolute atomic E-state index is 12.7. The number of phosphoric acid groups is 1. The van der Waals surface area contributed by atoms with Crippen molar-refractivity contribution in [3.8, 4) is 0 Å². The first-order valence-electron chi connectivity index (χ1n) is 27.3. The number of esters is 2. The van der Waals surface area contributed by atoms with Crippen LogP contribution in [0.3, 0.4) is 0 Å². The zero-order chi connectivity index (χ0) is 48.5. The fourth-order valence-corrected chi connectivity index (χ4v) is 8.26. The quantitative estimate of drug-likeness (QED) is 0.0195. The van der Waals surface area contributed by atoms with Gasteiger partial charge in [0.05, 0.1) is 27.7 Å². The molecule has 0 N–H and O–H groups in total. The van der Waals surface area contributed by atoms with Gasteiger partial charge in [-0.3, -0.25) is 14.2 Å². The zero-order valence-electron chi connectivity index (χ0n) is 43.6. The standard InChI is InChI=1S/C56H104NO8P/c1-6-8-10-12-14-16-18-19-20-21-22-23-24-25-26-27-28-29-30-31-32-33-34-35-36-37-39-41-43-45-47-49-56(59)65-54(53-64-66(60,61)63-51-50-57(3,4)5)52-62-55(58)48-46-44-42-40-38-17-15-13-11-9-7-2/h13,15,18-19,21-22,24-25,54H,6-12,14,16-17,20,23,26-53H2,1-5H3/b15-13-,19-18-,22-21-,25-24-. The first-order chi connectivity index (χ1) is 32.0. The number of phosphoric ester groups is 1. The van der Waals surface area contributed by atoms with Crippen LogP contribution in [-0.4, -0.2) is 70.0 Å². The molecule has 0 spiro atoms. The van der Waals surface area contributed by atoms with Crippen molar-refractivity contribution < 1.29 is 42.1 Å². The molecule has 0 bridgehead atoms. The fourth-order valence-electron chi connectivity index (χ4n) is 7.53. The molecular weight excluding hydrogens is 846 g/mol. The molecule has 0 saturated carbocycles. The molecule has 386 valence electrons. The smallest absolute Gasteiger partial charge is 0.306 e. The third-order valence-electron chi connectivity index (χ3n) is 11.8. The van der Waals surface area contributed by atoms with Crippen LogP contribution >= 0.6 is 7.82 Å². The molecule has 0 saturated heterocycles. The molecule has 66 heavy (non-hydrogen) atoms. The summed E-state index contributed by atoms with van der Waals surface area (Å²) in [4.78, 5) is 37.6. The highest BCUT2D eigenvalue weighted by atomic mass is 31.2. The fraction of sp³-hybridized carbons (Fsp3) is 0.821. The van der Waals surface area contributed by atoms with E-state index in [1.807, 2.05) is 21.1 Å². The number of carbonyl (C=O) groups is 2. The Morgan fingerprint density at radius 1 is 0.470 bits per heavy atom. The highest BCUT2D eigenvalue weighted by Crippen LogP contribution is 2.38. The average Bonchev–Trinajstić information content (AvgIpc) is 3.27. The third kappa shape index (κ3) is 51.4. The molecule has 0 aromatic carbocycles. The number of hydrogen-bond acceptors (Lipinski definition) is 8. The van der Waals surface area contributed by atoms with Crippen LogP contribution in [0.25, 0.3) is 0 Å². The maximum atomic E-state index is 12.7. The predicted octanol–water partition coefficient (Wildman–Crippen LogP) is 16.0. The Morgan fingerprint density at radius 2 is 0.833 bits per heavy atom. The summed E-state index contributed by atoms with van der Waals surface area (Å²) in [5.41, 5.74) is 0. The zero-order valence-corrected chi connectivity index (χ0v) is 44.5. The van der Waals surface area contributed by atoms with Gasteiger partial charge in [0.1, 0.15) is 19.8 Å².